The number of hydrogen-bond acceptors (Lipinski definition) is 3. The molecule has 1 aliphatic carbocycles. The summed E-state index contributed by atoms with van der Waals surface area (Å²) in [6, 6.07) is 17.0. The van der Waals surface area contributed by atoms with E-state index in [1.807, 2.05) is 38.1 Å². The maximum absolute atomic E-state index is 13.3. The molecule has 1 saturated carbocycles. The Bertz CT molecular complexity index is 1040. The molecule has 5 rings (SSSR count). The Balaban J connectivity index is 1.20. The number of hydrogen-bond donors (Lipinski definition) is 1. The first kappa shape index (κ1) is 25.0. The summed E-state index contributed by atoms with van der Waals surface area (Å²) >= 11 is 0. The summed E-state index contributed by atoms with van der Waals surface area (Å²) < 4.78 is 0. The summed E-state index contributed by atoms with van der Waals surface area (Å²) in [5, 5.41) is 3.41. The van der Waals surface area contributed by atoms with Crippen LogP contribution in [-0.4, -0.2) is 53.8 Å². The summed E-state index contributed by atoms with van der Waals surface area (Å²) in [5.74, 6) is 1.66. The van der Waals surface area contributed by atoms with Gasteiger partial charge in [-0.15, -0.1) is 0 Å². The first-order valence-corrected chi connectivity index (χ1v) is 13.9. The van der Waals surface area contributed by atoms with Crippen molar-refractivity contribution < 1.29 is 9.59 Å². The van der Waals surface area contributed by atoms with E-state index < -0.39 is 0 Å². The Morgan fingerprint density at radius 1 is 0.889 bits per heavy atom. The Morgan fingerprint density at radius 2 is 1.50 bits per heavy atom. The van der Waals surface area contributed by atoms with Gasteiger partial charge in [0, 0.05) is 43.7 Å². The van der Waals surface area contributed by atoms with Crippen molar-refractivity contribution in [1.82, 2.24) is 15.1 Å². The quantitative estimate of drug-likeness (QED) is 0.589. The molecule has 1 N–H and O–H groups in total. The van der Waals surface area contributed by atoms with E-state index in [0.717, 1.165) is 62.1 Å². The van der Waals surface area contributed by atoms with Crippen molar-refractivity contribution in [3.8, 4) is 0 Å². The summed E-state index contributed by atoms with van der Waals surface area (Å²) in [6.45, 7) is 10.1. The second-order valence-corrected chi connectivity index (χ2v) is 11.5. The van der Waals surface area contributed by atoms with Crippen molar-refractivity contribution in [1.29, 1.82) is 0 Å². The van der Waals surface area contributed by atoms with E-state index in [2.05, 4.69) is 46.3 Å². The number of amides is 2. The second-order valence-electron chi connectivity index (χ2n) is 11.5. The molecule has 0 radical (unpaired) electrons. The number of nitrogens with one attached hydrogen (secondary N) is 1. The van der Waals surface area contributed by atoms with Crippen LogP contribution in [0.5, 0.6) is 0 Å². The third kappa shape index (κ3) is 5.22. The number of carbonyl (C=O) groups is 2. The van der Waals surface area contributed by atoms with Crippen LogP contribution in [0.1, 0.15) is 72.1 Å². The van der Waals surface area contributed by atoms with Gasteiger partial charge in [0.05, 0.1) is 6.04 Å². The Hall–Kier alpha value is -2.66. The first-order chi connectivity index (χ1) is 17.4. The second kappa shape index (κ2) is 10.8. The number of benzene rings is 2. The molecule has 2 heterocycles. The van der Waals surface area contributed by atoms with Crippen molar-refractivity contribution in [3.05, 3.63) is 70.8 Å². The molecule has 5 nitrogen and oxygen atoms in total. The maximum atomic E-state index is 13.3. The van der Waals surface area contributed by atoms with E-state index in [4.69, 9.17) is 0 Å². The van der Waals surface area contributed by atoms with Crippen molar-refractivity contribution in [2.75, 3.05) is 26.2 Å². The highest BCUT2D eigenvalue weighted by Gasteiger charge is 2.43. The van der Waals surface area contributed by atoms with Gasteiger partial charge in [0.25, 0.3) is 5.91 Å². The Kier molecular flexibility index (Phi) is 7.47. The van der Waals surface area contributed by atoms with E-state index in [-0.39, 0.29) is 23.8 Å². The van der Waals surface area contributed by atoms with Gasteiger partial charge in [0.1, 0.15) is 0 Å². The summed E-state index contributed by atoms with van der Waals surface area (Å²) in [5.41, 5.74) is 4.21. The molecule has 2 amide bonds. The highest BCUT2D eigenvalue weighted by molar-refractivity contribution is 5.97. The SMILES string of the molecule is Cc1cccc(C)c1C(=O)N1CC2CN(C(C)C[C@H](NC(=O)C3CCCC3)c3ccccc3)CC2C1. The van der Waals surface area contributed by atoms with Gasteiger partial charge in [-0.2, -0.15) is 0 Å². The van der Waals surface area contributed by atoms with Crippen LogP contribution < -0.4 is 5.32 Å². The normalized spacial score (nSPS) is 24.0. The van der Waals surface area contributed by atoms with E-state index in [1.165, 1.54) is 18.4 Å². The number of fused-ring (bicyclic) bond motifs is 1. The zero-order valence-corrected chi connectivity index (χ0v) is 22.1. The van der Waals surface area contributed by atoms with Crippen molar-refractivity contribution >= 4 is 11.8 Å². The fourth-order valence-electron chi connectivity index (χ4n) is 6.80. The lowest BCUT2D eigenvalue weighted by atomic mass is 9.97. The number of likely N-dealkylation sites (tertiary alicyclic amines) is 2. The predicted octanol–water partition coefficient (Wildman–Crippen LogP) is 5.13. The Labute approximate surface area is 216 Å². The molecule has 3 unspecified atom stereocenters. The predicted molar refractivity (Wildman–Crippen MR) is 144 cm³/mol. The third-order valence-corrected chi connectivity index (χ3v) is 8.94. The van der Waals surface area contributed by atoms with Crippen molar-refractivity contribution in [2.24, 2.45) is 17.8 Å². The first-order valence-electron chi connectivity index (χ1n) is 13.9. The largest absolute Gasteiger partial charge is 0.349 e. The molecule has 2 aromatic rings. The number of aryl methyl sites for hydroxylation is 2. The van der Waals surface area contributed by atoms with Gasteiger partial charge in [-0.3, -0.25) is 14.5 Å². The lowest BCUT2D eigenvalue weighted by Crippen LogP contribution is -2.40. The molecule has 0 bridgehead atoms. The third-order valence-electron chi connectivity index (χ3n) is 8.94. The number of nitrogens with zero attached hydrogens (tertiary/aromatic N) is 2. The van der Waals surface area contributed by atoms with Gasteiger partial charge in [-0.05, 0) is 68.6 Å². The lowest BCUT2D eigenvalue weighted by molar-refractivity contribution is -0.125. The van der Waals surface area contributed by atoms with Crippen LogP contribution in [0.2, 0.25) is 0 Å². The molecule has 2 aliphatic heterocycles. The standard InChI is InChI=1S/C31H41N3O2/c1-21-10-9-11-22(2)29(21)31(36)34-19-26-17-33(18-27(26)20-34)23(3)16-28(24-12-5-4-6-13-24)32-30(35)25-14-7-8-15-25/h4-6,9-13,23,25-28H,7-8,14-20H2,1-3H3,(H,32,35)/t23?,26?,27?,28-/m0/s1. The lowest BCUT2D eigenvalue weighted by Gasteiger charge is -2.31. The molecule has 4 atom stereocenters. The van der Waals surface area contributed by atoms with Crippen LogP contribution in [0.3, 0.4) is 0 Å². The van der Waals surface area contributed by atoms with E-state index in [0.29, 0.717) is 17.9 Å². The maximum Gasteiger partial charge on any atom is 0.254 e. The monoisotopic (exact) mass is 487 g/mol. The van der Waals surface area contributed by atoms with E-state index in [1.54, 1.807) is 0 Å². The molecule has 3 aliphatic rings. The number of carbonyl (C=O) groups excluding carboxylic acids is 2. The van der Waals surface area contributed by atoms with Crippen LogP contribution in [0.25, 0.3) is 0 Å². The fourth-order valence-corrected chi connectivity index (χ4v) is 6.80. The summed E-state index contributed by atoms with van der Waals surface area (Å²) in [6.07, 6.45) is 5.30. The van der Waals surface area contributed by atoms with Crippen LogP contribution in [-0.2, 0) is 4.79 Å². The van der Waals surface area contributed by atoms with Gasteiger partial charge in [0.2, 0.25) is 5.91 Å². The van der Waals surface area contributed by atoms with Crippen molar-refractivity contribution in [2.45, 2.75) is 65.0 Å². The van der Waals surface area contributed by atoms with Crippen LogP contribution in [0.4, 0.5) is 0 Å². The number of rotatable bonds is 7. The smallest absolute Gasteiger partial charge is 0.254 e. The molecule has 192 valence electrons. The Morgan fingerprint density at radius 3 is 2.11 bits per heavy atom. The van der Waals surface area contributed by atoms with Gasteiger partial charge >= 0.3 is 0 Å². The average molecular weight is 488 g/mol. The van der Waals surface area contributed by atoms with Gasteiger partial charge in [-0.1, -0.05) is 61.4 Å². The molecular formula is C31H41N3O2. The van der Waals surface area contributed by atoms with Gasteiger partial charge in [-0.25, -0.2) is 0 Å². The van der Waals surface area contributed by atoms with Gasteiger partial charge < -0.3 is 10.2 Å². The highest BCUT2D eigenvalue weighted by Crippen LogP contribution is 2.35. The topological polar surface area (TPSA) is 52.7 Å². The average Bonchev–Trinajstić information content (AvgIpc) is 3.61. The molecule has 0 aromatic heterocycles. The van der Waals surface area contributed by atoms with Crippen LogP contribution in [0.15, 0.2) is 48.5 Å². The minimum atomic E-state index is 0.0387. The fraction of sp³-hybridized carbons (Fsp3) is 0.548. The summed E-state index contributed by atoms with van der Waals surface area (Å²) in [7, 11) is 0. The molecule has 2 aromatic carbocycles. The molecule has 5 heteroatoms. The van der Waals surface area contributed by atoms with Gasteiger partial charge in [0.15, 0.2) is 0 Å². The van der Waals surface area contributed by atoms with Crippen LogP contribution >= 0.6 is 0 Å². The molecule has 36 heavy (non-hydrogen) atoms. The molecular weight excluding hydrogens is 446 g/mol. The zero-order chi connectivity index (χ0) is 25.2. The van der Waals surface area contributed by atoms with Crippen LogP contribution in [0, 0.1) is 31.6 Å². The molecule has 0 spiro atoms. The van der Waals surface area contributed by atoms with Crippen molar-refractivity contribution in [3.63, 3.8) is 0 Å². The molecule has 3 fully saturated rings. The zero-order valence-electron chi connectivity index (χ0n) is 22.1. The van der Waals surface area contributed by atoms with E-state index in [9.17, 15) is 9.59 Å². The minimum Gasteiger partial charge on any atom is -0.349 e. The highest BCUT2D eigenvalue weighted by atomic mass is 16.2. The van der Waals surface area contributed by atoms with E-state index >= 15 is 0 Å². The summed E-state index contributed by atoms with van der Waals surface area (Å²) in [4.78, 5) is 31.0. The molecule has 2 saturated heterocycles. The minimum absolute atomic E-state index is 0.0387.